The second kappa shape index (κ2) is 10.4. The van der Waals surface area contributed by atoms with Crippen molar-refractivity contribution < 1.29 is 4.74 Å². The van der Waals surface area contributed by atoms with Crippen molar-refractivity contribution >= 4 is 5.57 Å². The molecule has 0 aromatic heterocycles. The molecule has 2 nitrogen and oxygen atoms in total. The van der Waals surface area contributed by atoms with Gasteiger partial charge in [-0.3, -0.25) is 0 Å². The largest absolute Gasteiger partial charge is 0.496 e. The molecule has 1 aromatic rings. The number of hydrogen-bond donors (Lipinski definition) is 1. The molecule has 0 bridgehead atoms. The molecule has 1 heterocycles. The Hall–Kier alpha value is -1.80. The summed E-state index contributed by atoms with van der Waals surface area (Å²) in [7, 11) is 1.84. The van der Waals surface area contributed by atoms with Gasteiger partial charge in [0.2, 0.25) is 0 Å². The van der Waals surface area contributed by atoms with Crippen LogP contribution in [-0.4, -0.2) is 20.2 Å². The van der Waals surface area contributed by atoms with Crippen LogP contribution in [0.1, 0.15) is 109 Å². The number of rotatable bonds is 3. The molecule has 186 valence electrons. The van der Waals surface area contributed by atoms with Crippen LogP contribution in [0.5, 0.6) is 0 Å². The highest BCUT2D eigenvalue weighted by atomic mass is 16.5. The van der Waals surface area contributed by atoms with Crippen molar-refractivity contribution in [2.75, 3.05) is 20.2 Å². The first-order valence-electron chi connectivity index (χ1n) is 13.7. The zero-order chi connectivity index (χ0) is 24.3. The average Bonchev–Trinajstić information content (AvgIpc) is 2.94. The van der Waals surface area contributed by atoms with Gasteiger partial charge >= 0.3 is 0 Å². The predicted octanol–water partition coefficient (Wildman–Crippen LogP) is 8.23. The summed E-state index contributed by atoms with van der Waals surface area (Å²) in [6.07, 6.45) is 16.0. The molecule has 1 fully saturated rings. The normalized spacial score (nSPS) is 25.5. The third-order valence-electron chi connectivity index (χ3n) is 8.86. The molecule has 34 heavy (non-hydrogen) atoms. The summed E-state index contributed by atoms with van der Waals surface area (Å²) in [4.78, 5) is 0. The molecular formula is C32H47NO. The van der Waals surface area contributed by atoms with Gasteiger partial charge in [-0.1, -0.05) is 69.5 Å². The van der Waals surface area contributed by atoms with Crippen molar-refractivity contribution in [1.29, 1.82) is 0 Å². The Balaban J connectivity index is 1.69. The summed E-state index contributed by atoms with van der Waals surface area (Å²) in [6.45, 7) is 14.3. The topological polar surface area (TPSA) is 21.3 Å². The van der Waals surface area contributed by atoms with Crippen LogP contribution in [0, 0.1) is 5.92 Å². The molecule has 1 atom stereocenters. The molecular weight excluding hydrogens is 414 g/mol. The van der Waals surface area contributed by atoms with E-state index in [1.165, 1.54) is 85.7 Å². The van der Waals surface area contributed by atoms with Crippen molar-refractivity contribution in [3.63, 3.8) is 0 Å². The molecule has 2 heteroatoms. The minimum atomic E-state index is 0.215. The Morgan fingerprint density at radius 2 is 1.56 bits per heavy atom. The van der Waals surface area contributed by atoms with Gasteiger partial charge in [0.1, 0.15) is 5.76 Å². The molecule has 0 saturated carbocycles. The van der Waals surface area contributed by atoms with E-state index in [1.54, 1.807) is 5.57 Å². The molecule has 0 radical (unpaired) electrons. The van der Waals surface area contributed by atoms with Gasteiger partial charge in [0.05, 0.1) is 7.11 Å². The number of nitrogens with one attached hydrogen (secondary N) is 1. The van der Waals surface area contributed by atoms with Crippen molar-refractivity contribution in [1.82, 2.24) is 5.32 Å². The van der Waals surface area contributed by atoms with Gasteiger partial charge < -0.3 is 10.1 Å². The summed E-state index contributed by atoms with van der Waals surface area (Å²) in [5.74, 6) is 1.74. The van der Waals surface area contributed by atoms with E-state index in [1.807, 2.05) is 7.11 Å². The molecule has 4 rings (SSSR count). The maximum atomic E-state index is 6.05. The Kier molecular flexibility index (Phi) is 7.77. The smallest absolute Gasteiger partial charge is 0.126 e. The Morgan fingerprint density at radius 3 is 2.32 bits per heavy atom. The van der Waals surface area contributed by atoms with Crippen molar-refractivity contribution in [3.8, 4) is 0 Å². The van der Waals surface area contributed by atoms with Crippen LogP contribution in [0.25, 0.3) is 5.57 Å². The summed E-state index contributed by atoms with van der Waals surface area (Å²) < 4.78 is 6.05. The van der Waals surface area contributed by atoms with E-state index in [0.717, 1.165) is 24.6 Å². The Labute approximate surface area is 208 Å². The first-order chi connectivity index (χ1) is 16.2. The summed E-state index contributed by atoms with van der Waals surface area (Å²) in [5.41, 5.74) is 9.22. The maximum Gasteiger partial charge on any atom is 0.126 e. The van der Waals surface area contributed by atoms with Crippen LogP contribution >= 0.6 is 0 Å². The number of ether oxygens (including phenoxy) is 1. The lowest BCUT2D eigenvalue weighted by molar-refractivity contribution is 0.310. The van der Waals surface area contributed by atoms with E-state index in [4.69, 9.17) is 4.74 Å². The maximum absolute atomic E-state index is 6.05. The number of hydrogen-bond acceptors (Lipinski definition) is 2. The zero-order valence-corrected chi connectivity index (χ0v) is 22.7. The van der Waals surface area contributed by atoms with Gasteiger partial charge in [-0.05, 0) is 111 Å². The molecule has 1 aliphatic heterocycles. The fourth-order valence-electron chi connectivity index (χ4n) is 6.41. The van der Waals surface area contributed by atoms with Crippen molar-refractivity contribution in [2.24, 2.45) is 5.92 Å². The first-order valence-corrected chi connectivity index (χ1v) is 13.7. The third kappa shape index (κ3) is 5.38. The number of benzene rings is 1. The summed E-state index contributed by atoms with van der Waals surface area (Å²) in [6, 6.07) is 7.25. The second-order valence-corrected chi connectivity index (χ2v) is 12.2. The van der Waals surface area contributed by atoms with Crippen LogP contribution in [0.15, 0.2) is 47.3 Å². The van der Waals surface area contributed by atoms with E-state index in [-0.39, 0.29) is 10.8 Å². The highest BCUT2D eigenvalue weighted by Crippen LogP contribution is 2.47. The van der Waals surface area contributed by atoms with E-state index in [0.29, 0.717) is 0 Å². The van der Waals surface area contributed by atoms with E-state index in [2.05, 4.69) is 70.3 Å². The molecule has 2 aliphatic carbocycles. The molecule has 0 amide bonds. The molecule has 0 spiro atoms. The summed E-state index contributed by atoms with van der Waals surface area (Å²) in [5, 5.41) is 3.59. The highest BCUT2D eigenvalue weighted by molar-refractivity contribution is 5.81. The Bertz CT molecular complexity index is 965. The predicted molar refractivity (Wildman–Crippen MR) is 146 cm³/mol. The molecule has 1 unspecified atom stereocenters. The lowest BCUT2D eigenvalue weighted by Gasteiger charge is -2.42. The molecule has 1 aromatic carbocycles. The van der Waals surface area contributed by atoms with E-state index < -0.39 is 0 Å². The zero-order valence-electron chi connectivity index (χ0n) is 22.7. The van der Waals surface area contributed by atoms with Gasteiger partial charge in [-0.25, -0.2) is 0 Å². The number of allylic oxidation sites excluding steroid dienone is 5. The SMILES string of the molecule is COC1=CC=C(C2CCCCNCCC2)CCC(C)=C1c1ccc2c(c1)C(C)(C)CCC2(C)C. The van der Waals surface area contributed by atoms with Gasteiger partial charge in [0.15, 0.2) is 0 Å². The van der Waals surface area contributed by atoms with E-state index >= 15 is 0 Å². The average molecular weight is 462 g/mol. The minimum Gasteiger partial charge on any atom is -0.496 e. The second-order valence-electron chi connectivity index (χ2n) is 12.2. The van der Waals surface area contributed by atoms with Gasteiger partial charge in [-0.2, -0.15) is 0 Å². The third-order valence-corrected chi connectivity index (χ3v) is 8.86. The molecule has 3 aliphatic rings. The minimum absolute atomic E-state index is 0.215. The standard InChI is InChI=1S/C32H47NO/c1-23-12-13-25(24-10-7-8-20-33-21-9-11-24)15-17-29(34-6)30(23)26-14-16-27-28(22-26)32(4,5)19-18-31(27,2)3/h14-17,22,24,33H,7-13,18-21H2,1-6H3. The van der Waals surface area contributed by atoms with Crippen LogP contribution in [-0.2, 0) is 15.6 Å². The van der Waals surface area contributed by atoms with Gasteiger partial charge in [0.25, 0.3) is 0 Å². The van der Waals surface area contributed by atoms with Crippen molar-refractivity contribution in [3.05, 3.63) is 63.9 Å². The lowest BCUT2D eigenvalue weighted by Crippen LogP contribution is -2.33. The van der Waals surface area contributed by atoms with Crippen LogP contribution < -0.4 is 5.32 Å². The first kappa shape index (κ1) is 25.3. The van der Waals surface area contributed by atoms with Crippen molar-refractivity contribution in [2.45, 2.75) is 103 Å². The fraction of sp³-hybridized carbons (Fsp3) is 0.625. The van der Waals surface area contributed by atoms with Crippen LogP contribution in [0.2, 0.25) is 0 Å². The van der Waals surface area contributed by atoms with Crippen LogP contribution in [0.3, 0.4) is 0 Å². The monoisotopic (exact) mass is 461 g/mol. The highest BCUT2D eigenvalue weighted by Gasteiger charge is 2.37. The number of fused-ring (bicyclic) bond motifs is 1. The lowest BCUT2D eigenvalue weighted by atomic mass is 9.63. The van der Waals surface area contributed by atoms with Crippen LogP contribution in [0.4, 0.5) is 0 Å². The molecule has 1 N–H and O–H groups in total. The van der Waals surface area contributed by atoms with Gasteiger partial charge in [-0.15, -0.1) is 0 Å². The quantitative estimate of drug-likeness (QED) is 0.489. The fourth-order valence-corrected chi connectivity index (χ4v) is 6.41. The van der Waals surface area contributed by atoms with E-state index in [9.17, 15) is 0 Å². The number of methoxy groups -OCH3 is 1. The summed E-state index contributed by atoms with van der Waals surface area (Å²) >= 11 is 0. The molecule has 1 saturated heterocycles. The van der Waals surface area contributed by atoms with Gasteiger partial charge in [0, 0.05) is 5.57 Å². The Morgan fingerprint density at radius 1 is 0.853 bits per heavy atom.